The maximum Gasteiger partial charge on any atom is 0.160 e. The van der Waals surface area contributed by atoms with E-state index in [1.807, 2.05) is 0 Å². The van der Waals surface area contributed by atoms with Gasteiger partial charge in [0.15, 0.2) is 11.6 Å². The fourth-order valence-corrected chi connectivity index (χ4v) is 0.727. The van der Waals surface area contributed by atoms with Crippen molar-refractivity contribution in [2.75, 3.05) is 6.54 Å². The van der Waals surface area contributed by atoms with Crippen LogP contribution in [0.2, 0.25) is 0 Å². The van der Waals surface area contributed by atoms with E-state index in [0.717, 1.165) is 12.1 Å². The molecule has 1 nitrogen and oxygen atoms in total. The van der Waals surface area contributed by atoms with Gasteiger partial charge in [0.25, 0.3) is 0 Å². The first kappa shape index (κ1) is 8.69. The van der Waals surface area contributed by atoms with Gasteiger partial charge in [-0.3, -0.25) is 0 Å². The van der Waals surface area contributed by atoms with Crippen LogP contribution in [0.25, 0.3) is 0 Å². The van der Waals surface area contributed by atoms with E-state index in [1.54, 1.807) is 0 Å². The summed E-state index contributed by atoms with van der Waals surface area (Å²) >= 11 is 0. The second-order valence-corrected chi connectivity index (χ2v) is 2.13. The predicted octanol–water partition coefficient (Wildman–Crippen LogP) is 1.28. The highest BCUT2D eigenvalue weighted by atomic mass is 19.2. The van der Waals surface area contributed by atoms with Gasteiger partial charge in [0.1, 0.15) is 0 Å². The van der Waals surface area contributed by atoms with Crippen LogP contribution in [0.15, 0.2) is 18.2 Å². The van der Waals surface area contributed by atoms with Crippen molar-refractivity contribution < 1.29 is 8.78 Å². The summed E-state index contributed by atoms with van der Waals surface area (Å²) in [6.45, 7) is 0.207. The quantitative estimate of drug-likeness (QED) is 0.578. The molecule has 0 heterocycles. The van der Waals surface area contributed by atoms with Crippen LogP contribution in [0.1, 0.15) is 5.56 Å². The lowest BCUT2D eigenvalue weighted by Crippen LogP contribution is -1.93. The van der Waals surface area contributed by atoms with Crippen molar-refractivity contribution in [2.24, 2.45) is 5.73 Å². The molecule has 0 aliphatic carbocycles. The van der Waals surface area contributed by atoms with Gasteiger partial charge in [-0.1, -0.05) is 11.8 Å². The Hall–Kier alpha value is -1.40. The summed E-state index contributed by atoms with van der Waals surface area (Å²) in [4.78, 5) is 0. The standard InChI is InChI=1S/C9H7F2N/c10-8-4-3-7(2-1-5-12)6-9(8)11/h3-4,6H,5,12H2. The fraction of sp³-hybridized carbons (Fsp3) is 0.111. The van der Waals surface area contributed by atoms with Crippen molar-refractivity contribution in [2.45, 2.75) is 0 Å². The topological polar surface area (TPSA) is 26.0 Å². The third-order valence-corrected chi connectivity index (χ3v) is 1.25. The van der Waals surface area contributed by atoms with Crippen molar-refractivity contribution >= 4 is 0 Å². The molecule has 0 atom stereocenters. The molecule has 0 amide bonds. The Morgan fingerprint density at radius 3 is 2.58 bits per heavy atom. The summed E-state index contributed by atoms with van der Waals surface area (Å²) < 4.78 is 24.9. The minimum atomic E-state index is -0.890. The molecule has 1 aromatic rings. The molecule has 0 fully saturated rings. The fourth-order valence-electron chi connectivity index (χ4n) is 0.727. The Bertz CT molecular complexity index is 336. The zero-order valence-corrected chi connectivity index (χ0v) is 6.27. The van der Waals surface area contributed by atoms with E-state index >= 15 is 0 Å². The number of hydrogen-bond acceptors (Lipinski definition) is 1. The van der Waals surface area contributed by atoms with E-state index in [9.17, 15) is 8.78 Å². The van der Waals surface area contributed by atoms with E-state index in [1.165, 1.54) is 6.07 Å². The highest BCUT2D eigenvalue weighted by Gasteiger charge is 1.99. The molecule has 0 saturated carbocycles. The van der Waals surface area contributed by atoms with E-state index in [2.05, 4.69) is 11.8 Å². The van der Waals surface area contributed by atoms with E-state index < -0.39 is 11.6 Å². The van der Waals surface area contributed by atoms with Gasteiger partial charge in [-0.15, -0.1) is 0 Å². The highest BCUT2D eigenvalue weighted by Crippen LogP contribution is 2.06. The smallest absolute Gasteiger partial charge is 0.160 e. The highest BCUT2D eigenvalue weighted by molar-refractivity contribution is 5.34. The lowest BCUT2D eigenvalue weighted by atomic mass is 10.2. The minimum Gasteiger partial charge on any atom is -0.320 e. The average molecular weight is 167 g/mol. The van der Waals surface area contributed by atoms with Crippen LogP contribution < -0.4 is 5.73 Å². The molecule has 0 aliphatic heterocycles. The van der Waals surface area contributed by atoms with Gasteiger partial charge < -0.3 is 5.73 Å². The Morgan fingerprint density at radius 2 is 2.00 bits per heavy atom. The monoisotopic (exact) mass is 167 g/mol. The van der Waals surface area contributed by atoms with Gasteiger partial charge in [0.05, 0.1) is 6.54 Å². The maximum absolute atomic E-state index is 12.5. The Labute approximate surface area is 69.2 Å². The predicted molar refractivity (Wildman–Crippen MR) is 42.3 cm³/mol. The van der Waals surface area contributed by atoms with Gasteiger partial charge in [-0.25, -0.2) is 8.78 Å². The maximum atomic E-state index is 12.5. The number of hydrogen-bond donors (Lipinski definition) is 1. The van der Waals surface area contributed by atoms with E-state index in [4.69, 9.17) is 5.73 Å². The largest absolute Gasteiger partial charge is 0.320 e. The molecule has 0 saturated heterocycles. The Kier molecular flexibility index (Phi) is 2.78. The summed E-state index contributed by atoms with van der Waals surface area (Å²) in [6, 6.07) is 3.48. The molecule has 0 aliphatic rings. The van der Waals surface area contributed by atoms with Crippen molar-refractivity contribution in [3.05, 3.63) is 35.4 Å². The summed E-state index contributed by atoms with van der Waals surface area (Å²) in [5, 5.41) is 0. The van der Waals surface area contributed by atoms with Gasteiger partial charge in [0, 0.05) is 5.56 Å². The van der Waals surface area contributed by atoms with Gasteiger partial charge in [0.2, 0.25) is 0 Å². The molecule has 0 unspecified atom stereocenters. The minimum absolute atomic E-state index is 0.207. The molecule has 1 aromatic carbocycles. The van der Waals surface area contributed by atoms with Crippen LogP contribution in [-0.2, 0) is 0 Å². The molecule has 0 spiro atoms. The summed E-state index contributed by atoms with van der Waals surface area (Å²) in [5.74, 6) is 3.37. The van der Waals surface area contributed by atoms with Crippen LogP contribution >= 0.6 is 0 Å². The van der Waals surface area contributed by atoms with Gasteiger partial charge >= 0.3 is 0 Å². The first-order chi connectivity index (χ1) is 5.74. The average Bonchev–Trinajstić information content (AvgIpc) is 2.07. The lowest BCUT2D eigenvalue weighted by molar-refractivity contribution is 0.508. The summed E-state index contributed by atoms with van der Waals surface area (Å²) in [7, 11) is 0. The second kappa shape index (κ2) is 3.84. The molecule has 0 bridgehead atoms. The molecule has 1 rings (SSSR count). The van der Waals surface area contributed by atoms with E-state index in [0.29, 0.717) is 5.56 Å². The van der Waals surface area contributed by atoms with Crippen LogP contribution in [-0.4, -0.2) is 6.54 Å². The van der Waals surface area contributed by atoms with Crippen molar-refractivity contribution in [3.8, 4) is 11.8 Å². The normalized spacial score (nSPS) is 8.92. The molecular weight excluding hydrogens is 160 g/mol. The number of halogens is 2. The first-order valence-electron chi connectivity index (χ1n) is 3.38. The van der Waals surface area contributed by atoms with Crippen LogP contribution in [0.4, 0.5) is 8.78 Å². The van der Waals surface area contributed by atoms with Crippen molar-refractivity contribution in [1.82, 2.24) is 0 Å². The van der Waals surface area contributed by atoms with Gasteiger partial charge in [-0.05, 0) is 18.2 Å². The van der Waals surface area contributed by atoms with Crippen molar-refractivity contribution in [3.63, 3.8) is 0 Å². The SMILES string of the molecule is NCC#Cc1ccc(F)c(F)c1. The Morgan fingerprint density at radius 1 is 1.25 bits per heavy atom. The zero-order valence-electron chi connectivity index (χ0n) is 6.27. The molecule has 3 heteroatoms. The van der Waals surface area contributed by atoms with Crippen LogP contribution in [0, 0.1) is 23.5 Å². The third-order valence-electron chi connectivity index (χ3n) is 1.25. The second-order valence-electron chi connectivity index (χ2n) is 2.13. The molecule has 2 N–H and O–H groups in total. The number of benzene rings is 1. The summed E-state index contributed by atoms with van der Waals surface area (Å²) in [6.07, 6.45) is 0. The zero-order chi connectivity index (χ0) is 8.97. The summed E-state index contributed by atoms with van der Waals surface area (Å²) in [5.41, 5.74) is 5.53. The van der Waals surface area contributed by atoms with Gasteiger partial charge in [-0.2, -0.15) is 0 Å². The number of nitrogens with two attached hydrogens (primary N) is 1. The molecule has 0 radical (unpaired) electrons. The van der Waals surface area contributed by atoms with Crippen molar-refractivity contribution in [1.29, 1.82) is 0 Å². The Balaban J connectivity index is 2.97. The van der Waals surface area contributed by atoms with E-state index in [-0.39, 0.29) is 6.54 Å². The molecular formula is C9H7F2N. The molecule has 62 valence electrons. The number of rotatable bonds is 0. The first-order valence-corrected chi connectivity index (χ1v) is 3.38. The molecule has 0 aromatic heterocycles. The third kappa shape index (κ3) is 2.04. The molecule has 12 heavy (non-hydrogen) atoms. The lowest BCUT2D eigenvalue weighted by Gasteiger charge is -1.92. The van der Waals surface area contributed by atoms with Crippen LogP contribution in [0.3, 0.4) is 0 Å². The van der Waals surface area contributed by atoms with Crippen LogP contribution in [0.5, 0.6) is 0 Å².